The molecule has 4 heteroatoms. The van der Waals surface area contributed by atoms with Crippen molar-refractivity contribution in [1.82, 2.24) is 0 Å². The molecule has 29 heavy (non-hydrogen) atoms. The first-order chi connectivity index (χ1) is 14.1. The summed E-state index contributed by atoms with van der Waals surface area (Å²) in [6.07, 6.45) is 6.30. The number of rotatable bonds is 6. The van der Waals surface area contributed by atoms with Gasteiger partial charge in [-0.3, -0.25) is 9.59 Å². The number of quaternary nitrogens is 1. The summed E-state index contributed by atoms with van der Waals surface area (Å²) in [7, 11) is 0. The Morgan fingerprint density at radius 1 is 0.966 bits per heavy atom. The molecule has 2 aliphatic heterocycles. The molecule has 0 aliphatic carbocycles. The zero-order chi connectivity index (χ0) is 20.2. The number of hydrogen-bond donors (Lipinski definition) is 1. The fourth-order valence-corrected chi connectivity index (χ4v) is 4.84. The van der Waals surface area contributed by atoms with Crippen molar-refractivity contribution in [2.75, 3.05) is 18.0 Å². The predicted molar refractivity (Wildman–Crippen MR) is 115 cm³/mol. The molecule has 2 aromatic rings. The number of nitrogens with zero attached hydrogens (tertiary/aromatic N) is 1. The van der Waals surface area contributed by atoms with Crippen molar-refractivity contribution in [1.29, 1.82) is 0 Å². The normalized spacial score (nSPS) is 24.9. The third-order valence-electron chi connectivity index (χ3n) is 6.60. The molecule has 2 heterocycles. The van der Waals surface area contributed by atoms with Gasteiger partial charge in [0.05, 0.1) is 25.2 Å². The molecule has 1 N–H and O–H groups in total. The van der Waals surface area contributed by atoms with Crippen molar-refractivity contribution in [2.45, 2.75) is 51.5 Å². The van der Waals surface area contributed by atoms with Crippen LogP contribution in [0.25, 0.3) is 0 Å². The van der Waals surface area contributed by atoms with Crippen molar-refractivity contribution in [3.63, 3.8) is 0 Å². The van der Waals surface area contributed by atoms with Crippen LogP contribution < -0.4 is 9.80 Å². The van der Waals surface area contributed by atoms with Gasteiger partial charge in [0.1, 0.15) is 0 Å². The van der Waals surface area contributed by atoms with E-state index in [0.717, 1.165) is 43.8 Å². The highest BCUT2D eigenvalue weighted by atomic mass is 16.2. The van der Waals surface area contributed by atoms with E-state index in [0.29, 0.717) is 12.1 Å². The second-order valence-corrected chi connectivity index (χ2v) is 8.64. The number of hydrogen-bond acceptors (Lipinski definition) is 2. The molecule has 2 fully saturated rings. The topological polar surface area (TPSA) is 41.8 Å². The quantitative estimate of drug-likeness (QED) is 0.770. The second kappa shape index (κ2) is 8.91. The third kappa shape index (κ3) is 4.59. The van der Waals surface area contributed by atoms with Crippen molar-refractivity contribution in [3.8, 4) is 0 Å². The Hall–Kier alpha value is -2.46. The zero-order valence-corrected chi connectivity index (χ0v) is 17.3. The Kier molecular flexibility index (Phi) is 6.10. The van der Waals surface area contributed by atoms with Gasteiger partial charge in [-0.1, -0.05) is 48.0 Å². The Bertz CT molecular complexity index is 839. The molecule has 0 bridgehead atoms. The highest BCUT2D eigenvalue weighted by molar-refractivity contribution is 6.21. The minimum atomic E-state index is -0.200. The van der Waals surface area contributed by atoms with E-state index in [1.807, 2.05) is 31.2 Å². The van der Waals surface area contributed by atoms with E-state index in [1.165, 1.54) is 28.2 Å². The van der Waals surface area contributed by atoms with Crippen LogP contribution in [0.1, 0.15) is 43.2 Å². The number of carbonyl (C=O) groups excluding carboxylic acids is 2. The van der Waals surface area contributed by atoms with E-state index in [4.69, 9.17) is 0 Å². The summed E-state index contributed by atoms with van der Waals surface area (Å²) in [5, 5.41) is 0. The Labute approximate surface area is 173 Å². The molecule has 4 nitrogen and oxygen atoms in total. The maximum absolute atomic E-state index is 13.0. The van der Waals surface area contributed by atoms with Crippen molar-refractivity contribution in [2.24, 2.45) is 5.92 Å². The lowest BCUT2D eigenvalue weighted by Gasteiger charge is -2.32. The summed E-state index contributed by atoms with van der Waals surface area (Å²) >= 11 is 0. The smallest absolute Gasteiger partial charge is 0.292 e. The molecule has 0 unspecified atom stereocenters. The summed E-state index contributed by atoms with van der Waals surface area (Å²) in [6.45, 7) is 4.01. The van der Waals surface area contributed by atoms with Crippen molar-refractivity contribution in [3.05, 3.63) is 65.7 Å². The van der Waals surface area contributed by atoms with Crippen LogP contribution in [-0.4, -0.2) is 30.9 Å². The van der Waals surface area contributed by atoms with E-state index in [2.05, 4.69) is 30.3 Å². The molecular formula is C25H31N2O2+. The first-order valence-electron chi connectivity index (χ1n) is 10.9. The standard InChI is InChI=1S/C25H30N2O2/c1-19-10-12-22(13-11-19)27-24(28)18-23(25(27)29)26-16-14-21(15-17-26)9-5-8-20-6-3-2-4-7-20/h2-4,6-7,10-13,21,23H,5,8-9,14-18H2,1H3/p+1/t23-/m0/s1. The molecule has 2 aliphatic rings. The van der Waals surface area contributed by atoms with Crippen LogP contribution in [0.4, 0.5) is 5.69 Å². The molecule has 0 spiro atoms. The van der Waals surface area contributed by atoms with Crippen LogP contribution in [-0.2, 0) is 16.0 Å². The molecule has 0 radical (unpaired) electrons. The maximum atomic E-state index is 13.0. The Morgan fingerprint density at radius 2 is 1.66 bits per heavy atom. The van der Waals surface area contributed by atoms with Crippen LogP contribution in [0.2, 0.25) is 0 Å². The van der Waals surface area contributed by atoms with Crippen LogP contribution in [0.3, 0.4) is 0 Å². The molecular weight excluding hydrogens is 360 g/mol. The molecule has 2 aromatic carbocycles. The SMILES string of the molecule is Cc1ccc(N2C(=O)C[C@H]([NH+]3CCC(CCCc4ccccc4)CC3)C2=O)cc1. The lowest BCUT2D eigenvalue weighted by molar-refractivity contribution is -0.920. The predicted octanol–water partition coefficient (Wildman–Crippen LogP) is 2.94. The van der Waals surface area contributed by atoms with Gasteiger partial charge in [0.25, 0.3) is 5.91 Å². The van der Waals surface area contributed by atoms with Crippen molar-refractivity contribution < 1.29 is 14.5 Å². The molecule has 0 aromatic heterocycles. The van der Waals surface area contributed by atoms with E-state index in [9.17, 15) is 9.59 Å². The fraction of sp³-hybridized carbons (Fsp3) is 0.440. The molecule has 0 saturated carbocycles. The second-order valence-electron chi connectivity index (χ2n) is 8.64. The van der Waals surface area contributed by atoms with Gasteiger partial charge < -0.3 is 4.90 Å². The van der Waals surface area contributed by atoms with E-state index >= 15 is 0 Å². The maximum Gasteiger partial charge on any atom is 0.292 e. The highest BCUT2D eigenvalue weighted by Gasteiger charge is 2.46. The lowest BCUT2D eigenvalue weighted by Crippen LogP contribution is -3.17. The van der Waals surface area contributed by atoms with Crippen molar-refractivity contribution >= 4 is 17.5 Å². The number of piperidine rings is 1. The first-order valence-corrected chi connectivity index (χ1v) is 10.9. The Morgan fingerprint density at radius 3 is 2.34 bits per heavy atom. The average Bonchev–Trinajstić information content (AvgIpc) is 3.04. The van der Waals surface area contributed by atoms with E-state index in [-0.39, 0.29) is 17.9 Å². The Balaban J connectivity index is 1.28. The number of likely N-dealkylation sites (tertiary alicyclic amines) is 1. The number of nitrogens with one attached hydrogen (secondary N) is 1. The summed E-state index contributed by atoms with van der Waals surface area (Å²) in [5.74, 6) is 0.681. The van der Waals surface area contributed by atoms with Gasteiger partial charge in [-0.05, 0) is 62.6 Å². The number of amides is 2. The molecule has 2 amide bonds. The summed E-state index contributed by atoms with van der Waals surface area (Å²) in [4.78, 5) is 28.3. The number of anilines is 1. The van der Waals surface area contributed by atoms with Gasteiger partial charge in [-0.15, -0.1) is 0 Å². The summed E-state index contributed by atoms with van der Waals surface area (Å²) < 4.78 is 0. The molecule has 4 rings (SSSR count). The third-order valence-corrected chi connectivity index (χ3v) is 6.60. The number of benzene rings is 2. The largest absolute Gasteiger partial charge is 0.324 e. The average molecular weight is 392 g/mol. The number of imide groups is 1. The molecule has 2 saturated heterocycles. The monoisotopic (exact) mass is 391 g/mol. The zero-order valence-electron chi connectivity index (χ0n) is 17.3. The number of carbonyl (C=O) groups is 2. The minimum Gasteiger partial charge on any atom is -0.324 e. The highest BCUT2D eigenvalue weighted by Crippen LogP contribution is 2.24. The summed E-state index contributed by atoms with van der Waals surface area (Å²) in [5.41, 5.74) is 3.26. The number of aryl methyl sites for hydroxylation is 2. The minimum absolute atomic E-state index is 0.0172. The molecule has 152 valence electrons. The molecule has 1 atom stereocenters. The first kappa shape index (κ1) is 19.8. The fourth-order valence-electron chi connectivity index (χ4n) is 4.84. The van der Waals surface area contributed by atoms with Crippen LogP contribution in [0, 0.1) is 12.8 Å². The lowest BCUT2D eigenvalue weighted by atomic mass is 9.90. The van der Waals surface area contributed by atoms with Gasteiger partial charge in [0.15, 0.2) is 6.04 Å². The van der Waals surface area contributed by atoms with E-state index in [1.54, 1.807) is 0 Å². The van der Waals surface area contributed by atoms with E-state index < -0.39 is 0 Å². The van der Waals surface area contributed by atoms with Gasteiger partial charge in [0, 0.05) is 0 Å². The van der Waals surface area contributed by atoms with Crippen LogP contribution >= 0.6 is 0 Å². The van der Waals surface area contributed by atoms with Gasteiger partial charge in [-0.25, -0.2) is 4.90 Å². The van der Waals surface area contributed by atoms with Gasteiger partial charge in [-0.2, -0.15) is 0 Å². The van der Waals surface area contributed by atoms with Gasteiger partial charge in [0.2, 0.25) is 5.91 Å². The van der Waals surface area contributed by atoms with Crippen LogP contribution in [0.15, 0.2) is 54.6 Å². The summed E-state index contributed by atoms with van der Waals surface area (Å²) in [6, 6.07) is 18.2. The van der Waals surface area contributed by atoms with Crippen LogP contribution in [0.5, 0.6) is 0 Å². The van der Waals surface area contributed by atoms with Gasteiger partial charge >= 0.3 is 0 Å².